The first-order chi connectivity index (χ1) is 20.9. The number of aromatic nitrogens is 2. The van der Waals surface area contributed by atoms with Crippen LogP contribution in [0.4, 0.5) is 0 Å². The van der Waals surface area contributed by atoms with Gasteiger partial charge in [0.05, 0.1) is 11.4 Å². The minimum Gasteiger partial charge on any atom is -0.454 e. The van der Waals surface area contributed by atoms with Crippen molar-refractivity contribution in [1.29, 1.82) is 0 Å². The van der Waals surface area contributed by atoms with Crippen molar-refractivity contribution in [3.63, 3.8) is 0 Å². The van der Waals surface area contributed by atoms with Crippen molar-refractivity contribution >= 4 is 33.8 Å². The van der Waals surface area contributed by atoms with Gasteiger partial charge in [-0.05, 0) is 86.4 Å². The fourth-order valence-electron chi connectivity index (χ4n) is 7.64. The standard InChI is InChI=1S/C35H33N5O3/c1-18-25-9-6-22(35(42)40-17-24-8-11-28(40)31(24)36)14-30(25)43-32(18)29-13-21-7-10-27(38-33(21)39(29)16-19-2-3-19)20-4-5-23-15-37-34(41)26(23)12-20/h4-7,9-10,12-14,19,24,28,31H,2-3,8,11,15-17,36H2,1H3,(H,37,41)/t24?,28?,31-/m1/s1. The smallest absolute Gasteiger partial charge is 0.254 e. The maximum atomic E-state index is 13.5. The van der Waals surface area contributed by atoms with Gasteiger partial charge in [-0.25, -0.2) is 4.98 Å². The second-order valence-corrected chi connectivity index (χ2v) is 13.0. The van der Waals surface area contributed by atoms with Gasteiger partial charge in [0.15, 0.2) is 5.76 Å². The Balaban J connectivity index is 1.12. The Hall–Kier alpha value is -4.43. The number of hydrogen-bond acceptors (Lipinski definition) is 5. The van der Waals surface area contributed by atoms with E-state index >= 15 is 0 Å². The number of hydrogen-bond donors (Lipinski definition) is 2. The molecule has 5 aromatic rings. The molecule has 43 heavy (non-hydrogen) atoms. The molecule has 1 saturated heterocycles. The summed E-state index contributed by atoms with van der Waals surface area (Å²) in [4.78, 5) is 32.9. The Kier molecular flexibility index (Phi) is 5.27. The first-order valence-electron chi connectivity index (χ1n) is 15.4. The largest absolute Gasteiger partial charge is 0.454 e. The van der Waals surface area contributed by atoms with Gasteiger partial charge < -0.3 is 24.9 Å². The molecule has 2 amide bonds. The molecule has 3 atom stereocenters. The molecule has 3 fully saturated rings. The van der Waals surface area contributed by atoms with Gasteiger partial charge in [-0.3, -0.25) is 9.59 Å². The Labute approximate surface area is 248 Å². The van der Waals surface area contributed by atoms with Crippen LogP contribution in [-0.4, -0.2) is 44.9 Å². The SMILES string of the molecule is Cc1c(-c2cc3ccc(-c4ccc5c(c4)C(=O)NC5)nc3n2CC2CC2)oc2cc(C(=O)N3CC4CCC3[C@@H]4N)ccc12. The van der Waals surface area contributed by atoms with Gasteiger partial charge in [-0.2, -0.15) is 0 Å². The van der Waals surface area contributed by atoms with Crippen LogP contribution in [0.25, 0.3) is 44.7 Å². The second kappa shape index (κ2) is 9.04. The van der Waals surface area contributed by atoms with E-state index in [0.717, 1.165) is 87.3 Å². The van der Waals surface area contributed by atoms with Gasteiger partial charge in [0, 0.05) is 64.7 Å². The van der Waals surface area contributed by atoms with Crippen LogP contribution >= 0.6 is 0 Å². The van der Waals surface area contributed by atoms with E-state index in [0.29, 0.717) is 23.9 Å². The van der Waals surface area contributed by atoms with Crippen molar-refractivity contribution in [3.8, 4) is 22.7 Å². The van der Waals surface area contributed by atoms with Gasteiger partial charge >= 0.3 is 0 Å². The minimum atomic E-state index is -0.0289. The molecule has 3 aromatic heterocycles. The lowest BCUT2D eigenvalue weighted by molar-refractivity contribution is 0.0700. The van der Waals surface area contributed by atoms with E-state index in [1.165, 1.54) is 12.8 Å². The van der Waals surface area contributed by atoms with Crippen LogP contribution in [0, 0.1) is 18.8 Å². The number of carbonyl (C=O) groups excluding carboxylic acids is 2. The molecule has 2 aliphatic heterocycles. The highest BCUT2D eigenvalue weighted by Crippen LogP contribution is 2.41. The Morgan fingerprint density at radius 1 is 1.07 bits per heavy atom. The molecular formula is C35H33N5O3. The van der Waals surface area contributed by atoms with E-state index < -0.39 is 0 Å². The van der Waals surface area contributed by atoms with E-state index in [4.69, 9.17) is 15.1 Å². The summed E-state index contributed by atoms with van der Waals surface area (Å²) < 4.78 is 8.88. The average Bonchev–Trinajstić information content (AvgIpc) is 3.23. The summed E-state index contributed by atoms with van der Waals surface area (Å²) in [5.41, 5.74) is 14.3. The summed E-state index contributed by atoms with van der Waals surface area (Å²) in [6.07, 6.45) is 4.54. The third kappa shape index (κ3) is 3.82. The molecule has 0 radical (unpaired) electrons. The van der Waals surface area contributed by atoms with E-state index in [-0.39, 0.29) is 23.9 Å². The number of nitrogens with zero attached hydrogens (tertiary/aromatic N) is 3. The van der Waals surface area contributed by atoms with Crippen molar-refractivity contribution < 1.29 is 14.0 Å². The van der Waals surface area contributed by atoms with E-state index in [1.807, 2.05) is 47.4 Å². The highest BCUT2D eigenvalue weighted by molar-refractivity contribution is 6.01. The molecule has 0 spiro atoms. The molecule has 216 valence electrons. The van der Waals surface area contributed by atoms with Crippen LogP contribution in [0.2, 0.25) is 0 Å². The molecule has 8 heteroatoms. The number of carbonyl (C=O) groups is 2. The maximum Gasteiger partial charge on any atom is 0.254 e. The zero-order chi connectivity index (χ0) is 29.0. The van der Waals surface area contributed by atoms with Crippen molar-refractivity contribution in [2.45, 2.75) is 57.8 Å². The van der Waals surface area contributed by atoms with Gasteiger partial charge in [-0.15, -0.1) is 0 Å². The summed E-state index contributed by atoms with van der Waals surface area (Å²) in [6, 6.07) is 18.4. The van der Waals surface area contributed by atoms with E-state index in [1.54, 1.807) is 0 Å². The molecule has 2 bridgehead atoms. The normalized spacial score (nSPS) is 22.6. The predicted octanol–water partition coefficient (Wildman–Crippen LogP) is 5.64. The number of rotatable bonds is 5. The van der Waals surface area contributed by atoms with Crippen LogP contribution in [0.15, 0.2) is 59.0 Å². The van der Waals surface area contributed by atoms with Crippen LogP contribution in [0.5, 0.6) is 0 Å². The number of fused-ring (bicyclic) bond motifs is 5. The first-order valence-corrected chi connectivity index (χ1v) is 15.4. The molecule has 2 aliphatic carbocycles. The van der Waals surface area contributed by atoms with Crippen LogP contribution in [-0.2, 0) is 13.1 Å². The van der Waals surface area contributed by atoms with Crippen molar-refractivity contribution in [3.05, 3.63) is 76.9 Å². The van der Waals surface area contributed by atoms with Crippen molar-refractivity contribution in [2.24, 2.45) is 17.6 Å². The number of amides is 2. The number of nitrogens with two attached hydrogens (primary N) is 1. The number of piperidine rings is 1. The lowest BCUT2D eigenvalue weighted by Gasteiger charge is -2.27. The molecule has 2 unspecified atom stereocenters. The highest BCUT2D eigenvalue weighted by atomic mass is 16.3. The summed E-state index contributed by atoms with van der Waals surface area (Å²) in [5, 5.41) is 4.96. The monoisotopic (exact) mass is 571 g/mol. The Morgan fingerprint density at radius 2 is 1.95 bits per heavy atom. The fraction of sp³-hybridized carbons (Fsp3) is 0.343. The summed E-state index contributed by atoms with van der Waals surface area (Å²) in [7, 11) is 0. The number of aryl methyl sites for hydroxylation is 1. The molecule has 3 N–H and O–H groups in total. The van der Waals surface area contributed by atoms with Gasteiger partial charge in [0.1, 0.15) is 11.2 Å². The van der Waals surface area contributed by atoms with Crippen molar-refractivity contribution in [1.82, 2.24) is 19.8 Å². The lowest BCUT2D eigenvalue weighted by Crippen LogP contribution is -2.41. The fourth-order valence-corrected chi connectivity index (χ4v) is 7.64. The molecule has 4 aliphatic rings. The number of pyridine rings is 1. The molecule has 2 aromatic carbocycles. The van der Waals surface area contributed by atoms with Crippen LogP contribution in [0.1, 0.15) is 57.5 Å². The van der Waals surface area contributed by atoms with Crippen LogP contribution in [0.3, 0.4) is 0 Å². The van der Waals surface area contributed by atoms with Crippen LogP contribution < -0.4 is 11.1 Å². The quantitative estimate of drug-likeness (QED) is 0.284. The molecule has 2 saturated carbocycles. The minimum absolute atomic E-state index is 0.0289. The second-order valence-electron chi connectivity index (χ2n) is 13.0. The average molecular weight is 572 g/mol. The zero-order valence-electron chi connectivity index (χ0n) is 24.1. The molecular weight excluding hydrogens is 538 g/mol. The third-order valence-corrected chi connectivity index (χ3v) is 10.3. The number of benzene rings is 2. The topological polar surface area (TPSA) is 106 Å². The summed E-state index contributed by atoms with van der Waals surface area (Å²) in [5.74, 6) is 1.87. The highest BCUT2D eigenvalue weighted by Gasteiger charge is 2.46. The van der Waals surface area contributed by atoms with Gasteiger partial charge in [0.25, 0.3) is 11.8 Å². The zero-order valence-corrected chi connectivity index (χ0v) is 24.1. The first kappa shape index (κ1) is 25.1. The van der Waals surface area contributed by atoms with E-state index in [9.17, 15) is 9.59 Å². The van der Waals surface area contributed by atoms with Crippen molar-refractivity contribution in [2.75, 3.05) is 6.54 Å². The number of nitrogens with one attached hydrogen (secondary N) is 1. The summed E-state index contributed by atoms with van der Waals surface area (Å²) in [6.45, 7) is 4.29. The maximum absolute atomic E-state index is 13.5. The molecule has 9 rings (SSSR count). The molecule has 5 heterocycles. The Morgan fingerprint density at radius 3 is 2.74 bits per heavy atom. The molecule has 8 nitrogen and oxygen atoms in total. The van der Waals surface area contributed by atoms with Gasteiger partial charge in [-0.1, -0.05) is 18.2 Å². The van der Waals surface area contributed by atoms with Gasteiger partial charge in [0.2, 0.25) is 0 Å². The Bertz CT molecular complexity index is 2000. The number of likely N-dealkylation sites (tertiary alicyclic amines) is 1. The van der Waals surface area contributed by atoms with E-state index in [2.05, 4.69) is 28.9 Å². The number of furan rings is 1. The lowest BCUT2D eigenvalue weighted by atomic mass is 10.0. The summed E-state index contributed by atoms with van der Waals surface area (Å²) >= 11 is 0. The third-order valence-electron chi connectivity index (χ3n) is 10.3. The predicted molar refractivity (Wildman–Crippen MR) is 165 cm³/mol.